The average molecular weight is 189 g/mol. The van der Waals surface area contributed by atoms with Gasteiger partial charge in [0.1, 0.15) is 0 Å². The Hall–Kier alpha value is -1.09. The first kappa shape index (κ1) is 8.24. The molecule has 3 heterocycles. The first-order valence-corrected chi connectivity index (χ1v) is 5.25. The van der Waals surface area contributed by atoms with Crippen molar-refractivity contribution < 1.29 is 0 Å². The highest BCUT2D eigenvalue weighted by atomic mass is 15.1. The molecule has 74 valence electrons. The number of hydrogen-bond donors (Lipinski definition) is 2. The SMILES string of the molecule is Cc1cc(NC2C3CNC2C3)ccn1. The monoisotopic (exact) mass is 189 g/mol. The van der Waals surface area contributed by atoms with E-state index in [4.69, 9.17) is 0 Å². The summed E-state index contributed by atoms with van der Waals surface area (Å²) in [6, 6.07) is 5.51. The second kappa shape index (κ2) is 2.95. The quantitative estimate of drug-likeness (QED) is 0.733. The molecule has 0 amide bonds. The Morgan fingerprint density at radius 1 is 1.57 bits per heavy atom. The van der Waals surface area contributed by atoms with E-state index in [0.717, 1.165) is 11.6 Å². The third-order valence-electron chi connectivity index (χ3n) is 3.37. The molecule has 14 heavy (non-hydrogen) atoms. The smallest absolute Gasteiger partial charge is 0.0455 e. The number of fused-ring (bicyclic) bond motifs is 1. The minimum Gasteiger partial charge on any atom is -0.380 e. The lowest BCUT2D eigenvalue weighted by molar-refractivity contribution is 0.327. The Morgan fingerprint density at radius 2 is 2.50 bits per heavy atom. The Bertz CT molecular complexity index is 336. The molecule has 4 rings (SSSR count). The van der Waals surface area contributed by atoms with E-state index >= 15 is 0 Å². The molecule has 2 aliphatic heterocycles. The molecule has 3 nitrogen and oxygen atoms in total. The van der Waals surface area contributed by atoms with Crippen molar-refractivity contribution in [1.29, 1.82) is 0 Å². The first-order valence-electron chi connectivity index (χ1n) is 5.25. The number of pyridine rings is 1. The molecular weight excluding hydrogens is 174 g/mol. The van der Waals surface area contributed by atoms with Crippen molar-refractivity contribution in [3.8, 4) is 0 Å². The first-order chi connectivity index (χ1) is 6.83. The summed E-state index contributed by atoms with van der Waals surface area (Å²) >= 11 is 0. The largest absolute Gasteiger partial charge is 0.380 e. The predicted octanol–water partition coefficient (Wildman–Crippen LogP) is 1.16. The highest BCUT2D eigenvalue weighted by molar-refractivity contribution is 5.45. The number of rotatable bonds is 2. The van der Waals surface area contributed by atoms with E-state index in [1.165, 1.54) is 18.7 Å². The molecule has 2 N–H and O–H groups in total. The number of aryl methyl sites for hydroxylation is 1. The van der Waals surface area contributed by atoms with E-state index < -0.39 is 0 Å². The van der Waals surface area contributed by atoms with Crippen LogP contribution in [0.1, 0.15) is 12.1 Å². The second-order valence-electron chi connectivity index (χ2n) is 4.37. The van der Waals surface area contributed by atoms with Crippen molar-refractivity contribution in [1.82, 2.24) is 10.3 Å². The molecule has 0 spiro atoms. The second-order valence-corrected chi connectivity index (χ2v) is 4.37. The van der Waals surface area contributed by atoms with Gasteiger partial charge in [-0.1, -0.05) is 0 Å². The molecule has 2 saturated heterocycles. The summed E-state index contributed by atoms with van der Waals surface area (Å²) in [6.45, 7) is 3.21. The number of aromatic nitrogens is 1. The van der Waals surface area contributed by atoms with Gasteiger partial charge in [-0.15, -0.1) is 0 Å². The van der Waals surface area contributed by atoms with E-state index in [2.05, 4.69) is 21.7 Å². The van der Waals surface area contributed by atoms with Crippen molar-refractivity contribution in [3.63, 3.8) is 0 Å². The van der Waals surface area contributed by atoms with Gasteiger partial charge in [0.15, 0.2) is 0 Å². The highest BCUT2D eigenvalue weighted by Crippen LogP contribution is 2.35. The Morgan fingerprint density at radius 3 is 3.14 bits per heavy atom. The van der Waals surface area contributed by atoms with E-state index in [1.54, 1.807) is 0 Å². The van der Waals surface area contributed by atoms with Crippen LogP contribution in [0.4, 0.5) is 5.69 Å². The van der Waals surface area contributed by atoms with Crippen LogP contribution in [0.15, 0.2) is 18.3 Å². The lowest BCUT2D eigenvalue weighted by Crippen LogP contribution is -2.47. The Labute approximate surface area is 83.9 Å². The van der Waals surface area contributed by atoms with Crippen molar-refractivity contribution in [3.05, 3.63) is 24.0 Å². The van der Waals surface area contributed by atoms with Crippen LogP contribution in [-0.2, 0) is 0 Å². The molecule has 3 fully saturated rings. The van der Waals surface area contributed by atoms with Gasteiger partial charge >= 0.3 is 0 Å². The zero-order chi connectivity index (χ0) is 9.54. The van der Waals surface area contributed by atoms with Crippen LogP contribution in [-0.4, -0.2) is 23.6 Å². The van der Waals surface area contributed by atoms with Crippen molar-refractivity contribution >= 4 is 5.69 Å². The lowest BCUT2D eigenvalue weighted by atomic mass is 9.80. The fourth-order valence-corrected chi connectivity index (χ4v) is 2.52. The maximum atomic E-state index is 4.19. The highest BCUT2D eigenvalue weighted by Gasteiger charge is 2.46. The zero-order valence-corrected chi connectivity index (χ0v) is 8.33. The summed E-state index contributed by atoms with van der Waals surface area (Å²) in [4.78, 5) is 4.19. The van der Waals surface area contributed by atoms with Gasteiger partial charge < -0.3 is 10.6 Å². The molecule has 1 aliphatic carbocycles. The summed E-state index contributed by atoms with van der Waals surface area (Å²) < 4.78 is 0. The van der Waals surface area contributed by atoms with Crippen molar-refractivity contribution in [2.75, 3.05) is 11.9 Å². The van der Waals surface area contributed by atoms with Crippen LogP contribution < -0.4 is 10.6 Å². The third kappa shape index (κ3) is 1.20. The minimum atomic E-state index is 0.650. The zero-order valence-electron chi connectivity index (χ0n) is 8.33. The number of hydrogen-bond acceptors (Lipinski definition) is 3. The molecule has 0 radical (unpaired) electrons. The van der Waals surface area contributed by atoms with Crippen LogP contribution in [0.3, 0.4) is 0 Å². The van der Waals surface area contributed by atoms with Gasteiger partial charge in [-0.05, 0) is 31.4 Å². The Kier molecular flexibility index (Phi) is 1.74. The molecule has 2 bridgehead atoms. The molecule has 3 aliphatic rings. The summed E-state index contributed by atoms with van der Waals surface area (Å²) in [7, 11) is 0. The predicted molar refractivity (Wildman–Crippen MR) is 56.3 cm³/mol. The van der Waals surface area contributed by atoms with Gasteiger partial charge in [0.25, 0.3) is 0 Å². The van der Waals surface area contributed by atoms with Gasteiger partial charge in [-0.25, -0.2) is 0 Å². The van der Waals surface area contributed by atoms with Gasteiger partial charge in [0.2, 0.25) is 0 Å². The van der Waals surface area contributed by atoms with Crippen LogP contribution in [0.25, 0.3) is 0 Å². The van der Waals surface area contributed by atoms with E-state index in [1.807, 2.05) is 19.2 Å². The van der Waals surface area contributed by atoms with Crippen LogP contribution >= 0.6 is 0 Å². The number of nitrogens with one attached hydrogen (secondary N) is 2. The van der Waals surface area contributed by atoms with E-state index in [9.17, 15) is 0 Å². The number of anilines is 1. The van der Waals surface area contributed by atoms with Crippen LogP contribution in [0.5, 0.6) is 0 Å². The van der Waals surface area contributed by atoms with E-state index in [-0.39, 0.29) is 0 Å². The molecule has 1 aromatic heterocycles. The molecule has 3 heteroatoms. The molecule has 3 atom stereocenters. The standard InChI is InChI=1S/C11H15N3/c1-7-4-9(2-3-12-7)14-11-8-5-10(11)13-6-8/h2-4,8,10-11,13H,5-6H2,1H3,(H,12,14). The summed E-state index contributed by atoms with van der Waals surface area (Å²) in [5.41, 5.74) is 2.29. The summed E-state index contributed by atoms with van der Waals surface area (Å²) in [5.74, 6) is 0.841. The van der Waals surface area contributed by atoms with Crippen LogP contribution in [0.2, 0.25) is 0 Å². The molecule has 3 unspecified atom stereocenters. The normalized spacial score (nSPS) is 33.9. The van der Waals surface area contributed by atoms with Gasteiger partial charge in [0.05, 0.1) is 0 Å². The average Bonchev–Trinajstić information content (AvgIpc) is 2.75. The van der Waals surface area contributed by atoms with Gasteiger partial charge in [-0.3, -0.25) is 4.98 Å². The molecule has 1 aromatic rings. The summed E-state index contributed by atoms with van der Waals surface area (Å²) in [5, 5.41) is 7.08. The van der Waals surface area contributed by atoms with Crippen LogP contribution in [0, 0.1) is 12.8 Å². The van der Waals surface area contributed by atoms with Crippen molar-refractivity contribution in [2.24, 2.45) is 5.92 Å². The maximum absolute atomic E-state index is 4.19. The maximum Gasteiger partial charge on any atom is 0.0455 e. The minimum absolute atomic E-state index is 0.650. The molecular formula is C11H15N3. The lowest BCUT2D eigenvalue weighted by Gasteiger charge is -2.35. The summed E-state index contributed by atoms with van der Waals surface area (Å²) in [6.07, 6.45) is 3.22. The third-order valence-corrected chi connectivity index (χ3v) is 3.37. The molecule has 1 saturated carbocycles. The fraction of sp³-hybridized carbons (Fsp3) is 0.545. The molecule has 0 aromatic carbocycles. The van der Waals surface area contributed by atoms with Crippen molar-refractivity contribution in [2.45, 2.75) is 25.4 Å². The van der Waals surface area contributed by atoms with Gasteiger partial charge in [-0.2, -0.15) is 0 Å². The Balaban J connectivity index is 1.73. The number of nitrogens with zero attached hydrogens (tertiary/aromatic N) is 1. The van der Waals surface area contributed by atoms with E-state index in [0.29, 0.717) is 12.1 Å². The fourth-order valence-electron chi connectivity index (χ4n) is 2.52. The topological polar surface area (TPSA) is 37.0 Å². The van der Waals surface area contributed by atoms with Gasteiger partial charge in [0, 0.05) is 36.2 Å².